The number of non-ortho nitro benzene ring substituents is 2. The van der Waals surface area contributed by atoms with Crippen LogP contribution in [-0.2, 0) is 19.1 Å². The number of nitro groups is 2. The Labute approximate surface area is 211 Å². The first kappa shape index (κ1) is 27.9. The summed E-state index contributed by atoms with van der Waals surface area (Å²) >= 11 is 11.6. The molecule has 0 bridgehead atoms. The molecule has 16 heteroatoms. The third-order valence-electron chi connectivity index (χ3n) is 4.20. The van der Waals surface area contributed by atoms with Crippen molar-refractivity contribution in [2.24, 2.45) is 0 Å². The Balaban J connectivity index is 1.70. The molecule has 2 amide bonds. The first-order chi connectivity index (χ1) is 17.0. The SMILES string of the molecule is O=C(COC(=O)c1cc([N+](=O)[O-])ccc1Cl)NCCNC(=O)COC(=O)c1cc([N+](=O)[O-])ccc1Cl. The first-order valence-electron chi connectivity index (χ1n) is 9.75. The number of esters is 2. The Morgan fingerprint density at radius 2 is 1.08 bits per heavy atom. The van der Waals surface area contributed by atoms with E-state index in [0.29, 0.717) is 0 Å². The average molecular weight is 543 g/mol. The molecule has 2 rings (SSSR count). The summed E-state index contributed by atoms with van der Waals surface area (Å²) in [5.41, 5.74) is -1.34. The lowest BCUT2D eigenvalue weighted by atomic mass is 10.2. The van der Waals surface area contributed by atoms with Gasteiger partial charge in [-0.15, -0.1) is 0 Å². The molecule has 0 aliphatic rings. The van der Waals surface area contributed by atoms with Crippen molar-refractivity contribution in [2.75, 3.05) is 26.3 Å². The highest BCUT2D eigenvalue weighted by Gasteiger charge is 2.19. The highest BCUT2D eigenvalue weighted by Crippen LogP contribution is 2.23. The number of carbonyl (C=O) groups excluding carboxylic acids is 4. The van der Waals surface area contributed by atoms with Crippen molar-refractivity contribution in [1.29, 1.82) is 0 Å². The van der Waals surface area contributed by atoms with E-state index in [9.17, 15) is 39.4 Å². The van der Waals surface area contributed by atoms with E-state index in [1.54, 1.807) is 0 Å². The van der Waals surface area contributed by atoms with Crippen LogP contribution in [-0.4, -0.2) is 59.9 Å². The number of nitro benzene ring substituents is 2. The fourth-order valence-electron chi connectivity index (χ4n) is 2.49. The van der Waals surface area contributed by atoms with Gasteiger partial charge in [-0.05, 0) is 12.1 Å². The monoisotopic (exact) mass is 542 g/mol. The van der Waals surface area contributed by atoms with Gasteiger partial charge in [-0.2, -0.15) is 0 Å². The number of ether oxygens (including phenoxy) is 2. The molecule has 0 saturated heterocycles. The Morgan fingerprint density at radius 1 is 0.722 bits per heavy atom. The topological polar surface area (TPSA) is 197 Å². The van der Waals surface area contributed by atoms with Crippen molar-refractivity contribution >= 4 is 58.3 Å². The number of rotatable bonds is 11. The minimum atomic E-state index is -1.04. The third kappa shape index (κ3) is 8.18. The Morgan fingerprint density at radius 3 is 1.42 bits per heavy atom. The number of carbonyl (C=O) groups is 4. The van der Waals surface area contributed by atoms with Gasteiger partial charge in [0.1, 0.15) is 0 Å². The number of benzene rings is 2. The largest absolute Gasteiger partial charge is 0.452 e. The van der Waals surface area contributed by atoms with Crippen LogP contribution in [0.1, 0.15) is 20.7 Å². The molecule has 14 nitrogen and oxygen atoms in total. The van der Waals surface area contributed by atoms with Gasteiger partial charge in [0.05, 0.1) is 31.0 Å². The van der Waals surface area contributed by atoms with E-state index in [2.05, 4.69) is 10.6 Å². The highest BCUT2D eigenvalue weighted by molar-refractivity contribution is 6.34. The minimum Gasteiger partial charge on any atom is -0.452 e. The van der Waals surface area contributed by atoms with Crippen LogP contribution in [0, 0.1) is 20.2 Å². The van der Waals surface area contributed by atoms with Crippen molar-refractivity contribution in [3.63, 3.8) is 0 Å². The van der Waals surface area contributed by atoms with Gasteiger partial charge in [0.15, 0.2) is 13.2 Å². The fourth-order valence-corrected chi connectivity index (χ4v) is 2.88. The standard InChI is InChI=1S/C20H16Cl2N4O10/c21-15-3-1-11(25(31)32)7-13(15)19(29)35-9-17(27)23-5-6-24-18(28)10-36-20(30)14-8-12(26(33)34)2-4-16(14)22/h1-4,7-8H,5-6,9-10H2,(H,23,27)(H,24,28). The third-order valence-corrected chi connectivity index (χ3v) is 4.86. The molecule has 0 spiro atoms. The van der Waals surface area contributed by atoms with E-state index in [4.69, 9.17) is 32.7 Å². The summed E-state index contributed by atoms with van der Waals surface area (Å²) in [5, 5.41) is 26.1. The number of halogens is 2. The van der Waals surface area contributed by atoms with Crippen LogP contribution in [0.4, 0.5) is 11.4 Å². The molecule has 0 unspecified atom stereocenters. The summed E-state index contributed by atoms with van der Waals surface area (Å²) in [5.74, 6) is -3.55. The number of hydrogen-bond donors (Lipinski definition) is 2. The zero-order chi connectivity index (χ0) is 26.8. The Bertz CT molecular complexity index is 1130. The van der Waals surface area contributed by atoms with Gasteiger partial charge in [0, 0.05) is 37.4 Å². The number of nitrogens with one attached hydrogen (secondary N) is 2. The molecule has 0 saturated carbocycles. The number of amides is 2. The van der Waals surface area contributed by atoms with Crippen LogP contribution in [0.15, 0.2) is 36.4 Å². The smallest absolute Gasteiger partial charge is 0.340 e. The van der Waals surface area contributed by atoms with Crippen LogP contribution in [0.3, 0.4) is 0 Å². The molecule has 0 heterocycles. The molecule has 0 aliphatic carbocycles. The Kier molecular flexibility index (Phi) is 10.1. The van der Waals surface area contributed by atoms with Crippen LogP contribution in [0.2, 0.25) is 10.0 Å². The minimum absolute atomic E-state index is 0.0790. The molecular weight excluding hydrogens is 527 g/mol. The molecule has 2 aromatic rings. The van der Waals surface area contributed by atoms with Crippen LogP contribution in [0.25, 0.3) is 0 Å². The van der Waals surface area contributed by atoms with Crippen molar-refractivity contribution < 1.29 is 38.5 Å². The average Bonchev–Trinajstić information content (AvgIpc) is 2.83. The second-order valence-corrected chi connectivity index (χ2v) is 7.51. The normalized spacial score (nSPS) is 10.2. The van der Waals surface area contributed by atoms with Gasteiger partial charge in [0.25, 0.3) is 23.2 Å². The molecule has 190 valence electrons. The summed E-state index contributed by atoms with van der Waals surface area (Å²) in [6.45, 7) is -1.59. The summed E-state index contributed by atoms with van der Waals surface area (Å²) in [4.78, 5) is 67.8. The lowest BCUT2D eigenvalue weighted by molar-refractivity contribution is -0.385. The molecule has 36 heavy (non-hydrogen) atoms. The van der Waals surface area contributed by atoms with E-state index >= 15 is 0 Å². The van der Waals surface area contributed by atoms with Crippen molar-refractivity contribution in [1.82, 2.24) is 10.6 Å². The zero-order valence-electron chi connectivity index (χ0n) is 18.0. The Hall–Kier alpha value is -4.30. The van der Waals surface area contributed by atoms with Gasteiger partial charge in [-0.3, -0.25) is 29.8 Å². The lowest BCUT2D eigenvalue weighted by Gasteiger charge is -2.09. The van der Waals surface area contributed by atoms with Gasteiger partial charge < -0.3 is 20.1 Å². The van der Waals surface area contributed by atoms with Gasteiger partial charge in [-0.1, -0.05) is 23.2 Å². The molecule has 0 atom stereocenters. The summed E-state index contributed by atoms with van der Waals surface area (Å²) in [6, 6.07) is 6.33. The van der Waals surface area contributed by atoms with E-state index in [-0.39, 0.29) is 45.6 Å². The highest BCUT2D eigenvalue weighted by atomic mass is 35.5. The van der Waals surface area contributed by atoms with Crippen LogP contribution in [0.5, 0.6) is 0 Å². The molecule has 0 aromatic heterocycles. The van der Waals surface area contributed by atoms with Crippen molar-refractivity contribution in [2.45, 2.75) is 0 Å². The maximum absolute atomic E-state index is 12.0. The van der Waals surface area contributed by atoms with Gasteiger partial charge in [0.2, 0.25) is 0 Å². The van der Waals surface area contributed by atoms with Crippen molar-refractivity contribution in [3.05, 3.63) is 77.8 Å². The molecule has 2 aromatic carbocycles. The number of hydrogen-bond acceptors (Lipinski definition) is 10. The molecular formula is C20H16Cl2N4O10. The second-order valence-electron chi connectivity index (χ2n) is 6.69. The van der Waals surface area contributed by atoms with Crippen molar-refractivity contribution in [3.8, 4) is 0 Å². The zero-order valence-corrected chi connectivity index (χ0v) is 19.5. The fraction of sp³-hybridized carbons (Fsp3) is 0.200. The molecule has 0 fully saturated rings. The number of nitrogens with zero attached hydrogens (tertiary/aromatic N) is 2. The van der Waals surface area contributed by atoms with E-state index < -0.39 is 46.8 Å². The maximum Gasteiger partial charge on any atom is 0.340 e. The summed E-state index contributed by atoms with van der Waals surface area (Å²) < 4.78 is 9.54. The second kappa shape index (κ2) is 13.0. The van der Waals surface area contributed by atoms with Gasteiger partial charge in [-0.25, -0.2) is 9.59 Å². The molecule has 0 radical (unpaired) electrons. The van der Waals surface area contributed by atoms with E-state index in [1.807, 2.05) is 0 Å². The quantitative estimate of drug-likeness (QED) is 0.183. The van der Waals surface area contributed by atoms with E-state index in [1.165, 1.54) is 0 Å². The van der Waals surface area contributed by atoms with Crippen LogP contribution < -0.4 is 10.6 Å². The van der Waals surface area contributed by atoms with E-state index in [0.717, 1.165) is 36.4 Å². The lowest BCUT2D eigenvalue weighted by Crippen LogP contribution is -2.38. The molecule has 2 N–H and O–H groups in total. The predicted octanol–water partition coefficient (Wildman–Crippen LogP) is 2.06. The van der Waals surface area contributed by atoms with Crippen LogP contribution >= 0.6 is 23.2 Å². The first-order valence-corrected chi connectivity index (χ1v) is 10.5. The summed E-state index contributed by atoms with van der Waals surface area (Å²) in [6.07, 6.45) is 0. The predicted molar refractivity (Wildman–Crippen MR) is 123 cm³/mol. The molecule has 0 aliphatic heterocycles. The van der Waals surface area contributed by atoms with Gasteiger partial charge >= 0.3 is 11.9 Å². The maximum atomic E-state index is 12.0. The summed E-state index contributed by atoms with van der Waals surface area (Å²) in [7, 11) is 0.